The Hall–Kier alpha value is -12.5. The normalized spacial score (nSPS) is 17.5. The average molecular weight is 2000 g/mol. The molecule has 2 heterocycles. The molecule has 2 aliphatic rings. The number of hydrogen-bond acceptors (Lipinski definition) is 24. The summed E-state index contributed by atoms with van der Waals surface area (Å²) >= 11 is 0. The topological polar surface area (TPSA) is 693 Å². The van der Waals surface area contributed by atoms with Gasteiger partial charge in [-0.1, -0.05) is 125 Å². The van der Waals surface area contributed by atoms with Gasteiger partial charge in [0.05, 0.1) is 18.9 Å². The SMILES string of the molecule is CC(=O)N[C@@H](C)C(=O)N[C@@H](C)C(=O)N[C@H](C(=O)N[C@@H](C)C(=O)N[C@@H](CC(C)C)C(=O)N[C@@H](CC(C)C)C(=O)N1CCC[C@H]1C(=O)N[C@@H](C)C(=O)N[C@H](C(=O)N[C@@H](CC(C)C)C(=O)N[C@@H](CC(C)C)C(=O)N[C@@H](C)C(=O)N[C@@H](CC(C)C)C(=O)N[C@@H](CC(C)C)C(=O)N[C@@H](C)C(=O)N1CCC[C@H]1C(=O)N[C@@H](CC(=O)O)C(=O)N[C@@H](CCC(=O)O)C(=O)N[C@H](C(=O)N[C@H](C=O)CC(=O)O)C(C)C)C(C)C)C(C)C. The number of nitrogens with zero attached hydrogens (tertiary/aromatic N) is 2. The van der Waals surface area contributed by atoms with Gasteiger partial charge in [-0.2, -0.15) is 0 Å². The van der Waals surface area contributed by atoms with Crippen LogP contribution in [0.5, 0.6) is 0 Å². The summed E-state index contributed by atoms with van der Waals surface area (Å²) in [5.74, 6) is -24.5. The third kappa shape index (κ3) is 43.6. The molecular weight excluding hydrogens is 1840 g/mol. The second-order valence-corrected chi connectivity index (χ2v) is 40.3. The molecule has 796 valence electrons. The number of aliphatic carboxylic acids is 3. The molecule has 0 aromatic heterocycles. The summed E-state index contributed by atoms with van der Waals surface area (Å²) in [5.41, 5.74) is 0. The Balaban J connectivity index is 2.30. The van der Waals surface area contributed by atoms with Crippen LogP contribution in [0.25, 0.3) is 0 Å². The van der Waals surface area contributed by atoms with E-state index in [1.807, 2.05) is 13.8 Å². The molecule has 0 saturated carbocycles. The van der Waals surface area contributed by atoms with Crippen molar-refractivity contribution in [1.82, 2.24) is 106 Å². The maximum absolute atomic E-state index is 14.7. The van der Waals surface area contributed by atoms with Gasteiger partial charge in [-0.05, 0) is 165 Å². The predicted molar refractivity (Wildman–Crippen MR) is 513 cm³/mol. The van der Waals surface area contributed by atoms with E-state index in [1.165, 1.54) is 67.2 Å². The highest BCUT2D eigenvalue weighted by Crippen LogP contribution is 2.24. The number of nitrogens with one attached hydrogen (secondary N) is 18. The molecule has 0 aromatic rings. The van der Waals surface area contributed by atoms with E-state index in [2.05, 4.69) is 95.7 Å². The van der Waals surface area contributed by atoms with Crippen molar-refractivity contribution in [2.24, 2.45) is 53.3 Å². The second-order valence-electron chi connectivity index (χ2n) is 40.3. The zero-order chi connectivity index (χ0) is 108. The molecular formula is C94H158N20O27. The first kappa shape index (κ1) is 125. The van der Waals surface area contributed by atoms with Crippen LogP contribution in [0, 0.1) is 53.3 Å². The first-order chi connectivity index (χ1) is 65.4. The predicted octanol–water partition coefficient (Wildman–Crippen LogP) is -1.91. The molecule has 0 radical (unpaired) electrons. The fourth-order valence-corrected chi connectivity index (χ4v) is 15.7. The van der Waals surface area contributed by atoms with Crippen LogP contribution < -0.4 is 95.7 Å². The van der Waals surface area contributed by atoms with E-state index in [-0.39, 0.29) is 113 Å². The van der Waals surface area contributed by atoms with Crippen molar-refractivity contribution in [1.29, 1.82) is 0 Å². The van der Waals surface area contributed by atoms with Crippen LogP contribution in [-0.4, -0.2) is 301 Å². The molecule has 0 aromatic carbocycles. The fraction of sp³-hybridized carbons (Fsp3) is 0.745. The molecule has 0 aliphatic carbocycles. The highest BCUT2D eigenvalue weighted by Gasteiger charge is 2.45. The lowest BCUT2D eigenvalue weighted by Gasteiger charge is -2.32. The minimum absolute atomic E-state index is 0.00704. The Bertz CT molecular complexity index is 4390. The van der Waals surface area contributed by atoms with Crippen LogP contribution in [0.1, 0.15) is 263 Å². The number of carboxylic acid groups (broad SMARTS) is 3. The van der Waals surface area contributed by atoms with Crippen molar-refractivity contribution in [2.75, 3.05) is 13.1 Å². The van der Waals surface area contributed by atoms with Crippen molar-refractivity contribution < 1.29 is 130 Å². The van der Waals surface area contributed by atoms with Gasteiger partial charge in [0.1, 0.15) is 121 Å². The van der Waals surface area contributed by atoms with Gasteiger partial charge in [0.25, 0.3) is 0 Å². The Morgan fingerprint density at radius 2 is 0.532 bits per heavy atom. The number of hydrogen-bond donors (Lipinski definition) is 21. The monoisotopic (exact) mass is 2000 g/mol. The maximum Gasteiger partial charge on any atom is 0.305 e. The molecule has 21 N–H and O–H groups in total. The number of likely N-dealkylation sites (tertiary alicyclic amines) is 2. The van der Waals surface area contributed by atoms with E-state index < -0.39 is 300 Å². The number of aldehydes is 1. The van der Waals surface area contributed by atoms with Crippen molar-refractivity contribution in [2.45, 2.75) is 384 Å². The smallest absolute Gasteiger partial charge is 0.305 e. The van der Waals surface area contributed by atoms with Crippen LogP contribution >= 0.6 is 0 Å². The fourth-order valence-electron chi connectivity index (χ4n) is 15.7. The summed E-state index contributed by atoms with van der Waals surface area (Å²) in [5, 5.41) is 74.5. The van der Waals surface area contributed by atoms with Gasteiger partial charge in [-0.15, -0.1) is 0 Å². The summed E-state index contributed by atoms with van der Waals surface area (Å²) in [4.78, 5) is 327. The zero-order valence-electron chi connectivity index (χ0n) is 86.2. The van der Waals surface area contributed by atoms with Crippen LogP contribution in [-0.2, 0) is 115 Å². The molecule has 0 spiro atoms. The van der Waals surface area contributed by atoms with E-state index >= 15 is 0 Å². The number of carbonyl (C=O) groups is 24. The van der Waals surface area contributed by atoms with Crippen LogP contribution in [0.4, 0.5) is 0 Å². The van der Waals surface area contributed by atoms with E-state index in [1.54, 1.807) is 96.9 Å². The number of carboxylic acids is 3. The first-order valence-electron chi connectivity index (χ1n) is 48.6. The zero-order valence-corrected chi connectivity index (χ0v) is 86.2. The molecule has 0 unspecified atom stereocenters. The Kier molecular flexibility index (Phi) is 52.9. The summed E-state index contributed by atoms with van der Waals surface area (Å²) in [6.07, 6.45) is -2.27. The highest BCUT2D eigenvalue weighted by atomic mass is 16.4. The lowest BCUT2D eigenvalue weighted by molar-refractivity contribution is -0.144. The van der Waals surface area contributed by atoms with Crippen molar-refractivity contribution in [3.8, 4) is 0 Å². The van der Waals surface area contributed by atoms with Gasteiger partial charge in [0.2, 0.25) is 118 Å². The molecule has 20 atom stereocenters. The quantitative estimate of drug-likeness (QED) is 0.0296. The Morgan fingerprint density at radius 3 is 0.894 bits per heavy atom. The minimum atomic E-state index is -1.97. The first-order valence-corrected chi connectivity index (χ1v) is 48.6. The minimum Gasteiger partial charge on any atom is -0.481 e. The molecule has 0 bridgehead atoms. The van der Waals surface area contributed by atoms with Crippen molar-refractivity contribution in [3.63, 3.8) is 0 Å². The number of carbonyl (C=O) groups excluding carboxylic acids is 21. The maximum atomic E-state index is 14.7. The lowest BCUT2D eigenvalue weighted by Crippen LogP contribution is -2.61. The van der Waals surface area contributed by atoms with Crippen LogP contribution in [0.15, 0.2) is 0 Å². The summed E-state index contributed by atoms with van der Waals surface area (Å²) in [6.45, 7) is 40.2. The standard InChI is InChI=1S/C94H158N20O27/c1-43(2)34-61(82(129)97-53(20)77(124)103-63(36-45(5)6)84(131)106-62(35-44(3)4)83(130)100-57(24)93(140)113-32-26-29-69(113)89(136)107-66(41-72(121)122)87(134)102-60(30-31-70(117)118)81(128)112-74(50(15)16)91(138)101-59(42-115)40-71(119)120)105-85(132)65(38-47(9)10)108-92(139)75(51(17)18)111-80(127)56(23)98-88(135)68-28-27-33-114(68)94(141)67(39-48(11)12)109-86(133)64(37-46(7)8)104-78(125)54(21)99-90(137)73(49(13)14)110-79(126)55(22)96-76(123)52(19)95-58(25)116/h42-57,59-69,73-75H,26-41H2,1-25H3,(H,95,116)(H,96,123)(H,97,129)(H,98,135)(H,99,137)(H,100,130)(H,101,138)(H,102,134)(H,103,124)(H,104,125)(H,105,132)(H,106,131)(H,107,136)(H,108,139)(H,109,133)(H,110,126)(H,111,127)(H,112,128)(H,117,118)(H,119,120)(H,121,122)/t52-,53-,54-,55-,56-,57-,59-,60-,61-,62-,63-,64-,65-,66-,67-,68-,69-,73-,74-,75-/m0/s1. The molecule has 141 heavy (non-hydrogen) atoms. The molecule has 2 fully saturated rings. The molecule has 47 heteroatoms. The van der Waals surface area contributed by atoms with Crippen LogP contribution in [0.3, 0.4) is 0 Å². The Morgan fingerprint density at radius 1 is 0.270 bits per heavy atom. The summed E-state index contributed by atoms with van der Waals surface area (Å²) in [7, 11) is 0. The van der Waals surface area contributed by atoms with E-state index in [0.29, 0.717) is 6.42 Å². The average Bonchev–Trinajstić information content (AvgIpc) is 1.67. The number of amides is 20. The summed E-state index contributed by atoms with van der Waals surface area (Å²) < 4.78 is 0. The van der Waals surface area contributed by atoms with Crippen molar-refractivity contribution >= 4 is 142 Å². The van der Waals surface area contributed by atoms with E-state index in [9.17, 15) is 125 Å². The third-order valence-electron chi connectivity index (χ3n) is 23.2. The second kappa shape index (κ2) is 59.9. The molecule has 20 amide bonds. The van der Waals surface area contributed by atoms with Gasteiger partial charge in [0.15, 0.2) is 0 Å². The third-order valence-corrected chi connectivity index (χ3v) is 23.2. The lowest BCUT2D eigenvalue weighted by atomic mass is 9.98. The van der Waals surface area contributed by atoms with Gasteiger partial charge in [-0.25, -0.2) is 0 Å². The molecule has 2 saturated heterocycles. The van der Waals surface area contributed by atoms with Gasteiger partial charge < -0.3 is 126 Å². The van der Waals surface area contributed by atoms with Crippen LogP contribution in [0.2, 0.25) is 0 Å². The van der Waals surface area contributed by atoms with E-state index in [4.69, 9.17) is 5.11 Å². The summed E-state index contributed by atoms with van der Waals surface area (Å²) in [6, 6.07) is -27.1. The molecule has 2 rings (SSSR count). The van der Waals surface area contributed by atoms with Gasteiger partial charge in [0, 0.05) is 26.4 Å². The largest absolute Gasteiger partial charge is 0.481 e. The molecule has 2 aliphatic heterocycles. The van der Waals surface area contributed by atoms with Crippen molar-refractivity contribution in [3.05, 3.63) is 0 Å². The molecule has 47 nitrogen and oxygen atoms in total. The highest BCUT2D eigenvalue weighted by molar-refractivity contribution is 6.03. The number of rotatable bonds is 60. The van der Waals surface area contributed by atoms with E-state index in [0.717, 1.165) is 4.90 Å². The Labute approximate surface area is 824 Å². The van der Waals surface area contributed by atoms with Gasteiger partial charge >= 0.3 is 17.9 Å². The van der Waals surface area contributed by atoms with Gasteiger partial charge in [-0.3, -0.25) is 110 Å².